The number of hydrogen-bond donors (Lipinski definition) is 3. The van der Waals surface area contributed by atoms with Crippen LogP contribution in [0.3, 0.4) is 0 Å². The van der Waals surface area contributed by atoms with Crippen LogP contribution in [0.5, 0.6) is 0 Å². The molecular weight excluding hydrogens is 309 g/mol. The maximum absolute atomic E-state index is 10.7. The molecule has 0 aliphatic carbocycles. The summed E-state index contributed by atoms with van der Waals surface area (Å²) in [6, 6.07) is 4.87. The number of aliphatic hydroxyl groups excluding tert-OH is 2. The highest BCUT2D eigenvalue weighted by atomic mass is 79.9. The van der Waals surface area contributed by atoms with E-state index >= 15 is 0 Å². The Morgan fingerprint density at radius 1 is 1.53 bits per heavy atom. The van der Waals surface area contributed by atoms with E-state index < -0.39 is 12.2 Å². The fourth-order valence-corrected chi connectivity index (χ4v) is 2.23. The van der Waals surface area contributed by atoms with Crippen molar-refractivity contribution in [2.45, 2.75) is 19.1 Å². The molecule has 1 rings (SSSR count). The molecule has 94 valence electrons. The Balaban J connectivity index is 2.74. The van der Waals surface area contributed by atoms with Crippen molar-refractivity contribution >= 4 is 33.4 Å². The second kappa shape index (κ2) is 6.35. The number of hydrogen-bond acceptors (Lipinski definition) is 3. The standard InChI is InChI=1S/C11H13BrClNO3/c1-6(15)14-5-10(16)11(17)8-3-2-7(13)4-9(8)12/h2-4,10-11,16-17H,5H2,1H3,(H,14,15). The Morgan fingerprint density at radius 3 is 2.71 bits per heavy atom. The molecule has 3 N–H and O–H groups in total. The van der Waals surface area contributed by atoms with Gasteiger partial charge in [0, 0.05) is 23.0 Å². The van der Waals surface area contributed by atoms with E-state index in [-0.39, 0.29) is 12.5 Å². The van der Waals surface area contributed by atoms with E-state index in [1.165, 1.54) is 6.92 Å². The van der Waals surface area contributed by atoms with Crippen molar-refractivity contribution in [3.63, 3.8) is 0 Å². The van der Waals surface area contributed by atoms with Crippen LogP contribution in [0.15, 0.2) is 22.7 Å². The van der Waals surface area contributed by atoms with Crippen molar-refractivity contribution in [2.75, 3.05) is 6.54 Å². The van der Waals surface area contributed by atoms with Crippen LogP contribution in [-0.4, -0.2) is 28.8 Å². The van der Waals surface area contributed by atoms with Crippen LogP contribution in [-0.2, 0) is 4.79 Å². The van der Waals surface area contributed by atoms with Crippen LogP contribution >= 0.6 is 27.5 Å². The van der Waals surface area contributed by atoms with E-state index in [9.17, 15) is 15.0 Å². The maximum Gasteiger partial charge on any atom is 0.216 e. The van der Waals surface area contributed by atoms with Gasteiger partial charge < -0.3 is 15.5 Å². The minimum atomic E-state index is -1.09. The zero-order valence-electron chi connectivity index (χ0n) is 9.15. The number of amides is 1. The summed E-state index contributed by atoms with van der Waals surface area (Å²) in [4.78, 5) is 10.7. The normalized spacial score (nSPS) is 14.2. The van der Waals surface area contributed by atoms with Gasteiger partial charge in [0.2, 0.25) is 5.91 Å². The fourth-order valence-electron chi connectivity index (χ4n) is 1.31. The van der Waals surface area contributed by atoms with Gasteiger partial charge in [-0.15, -0.1) is 0 Å². The molecule has 0 radical (unpaired) electrons. The molecule has 2 unspecified atom stereocenters. The zero-order chi connectivity index (χ0) is 13.0. The molecule has 0 aromatic heterocycles. The number of carbonyl (C=O) groups is 1. The molecule has 4 nitrogen and oxygen atoms in total. The lowest BCUT2D eigenvalue weighted by Crippen LogP contribution is -2.34. The van der Waals surface area contributed by atoms with Crippen molar-refractivity contribution < 1.29 is 15.0 Å². The Bertz CT molecular complexity index is 414. The molecule has 0 spiro atoms. The highest BCUT2D eigenvalue weighted by molar-refractivity contribution is 9.10. The summed E-state index contributed by atoms with van der Waals surface area (Å²) in [5, 5.41) is 22.6. The summed E-state index contributed by atoms with van der Waals surface area (Å²) in [5.74, 6) is -0.258. The number of carbonyl (C=O) groups excluding carboxylic acids is 1. The van der Waals surface area contributed by atoms with E-state index in [0.29, 0.717) is 15.1 Å². The highest BCUT2D eigenvalue weighted by Gasteiger charge is 2.20. The summed E-state index contributed by atoms with van der Waals surface area (Å²) in [6.45, 7) is 1.34. The summed E-state index contributed by atoms with van der Waals surface area (Å²) >= 11 is 9.03. The lowest BCUT2D eigenvalue weighted by atomic mass is 10.0. The van der Waals surface area contributed by atoms with Gasteiger partial charge in [0.1, 0.15) is 12.2 Å². The summed E-state index contributed by atoms with van der Waals surface area (Å²) in [7, 11) is 0. The Labute approximate surface area is 113 Å². The van der Waals surface area contributed by atoms with Crippen LogP contribution in [0, 0.1) is 0 Å². The first-order valence-electron chi connectivity index (χ1n) is 4.97. The molecule has 0 saturated carbocycles. The van der Waals surface area contributed by atoms with Crippen LogP contribution in [0.2, 0.25) is 5.02 Å². The third-order valence-corrected chi connectivity index (χ3v) is 3.13. The maximum atomic E-state index is 10.7. The number of rotatable bonds is 4. The summed E-state index contributed by atoms with van der Waals surface area (Å²) < 4.78 is 0.611. The predicted molar refractivity (Wildman–Crippen MR) is 68.8 cm³/mol. The van der Waals surface area contributed by atoms with Gasteiger partial charge in [0.25, 0.3) is 0 Å². The Hall–Kier alpha value is -0.620. The average molecular weight is 323 g/mol. The quantitative estimate of drug-likeness (QED) is 0.789. The number of aliphatic hydroxyl groups is 2. The largest absolute Gasteiger partial charge is 0.388 e. The van der Waals surface area contributed by atoms with E-state index in [1.54, 1.807) is 18.2 Å². The zero-order valence-corrected chi connectivity index (χ0v) is 11.5. The van der Waals surface area contributed by atoms with E-state index in [2.05, 4.69) is 21.2 Å². The minimum Gasteiger partial charge on any atom is -0.388 e. The van der Waals surface area contributed by atoms with E-state index in [1.807, 2.05) is 0 Å². The van der Waals surface area contributed by atoms with Gasteiger partial charge in [0.05, 0.1) is 0 Å². The molecule has 0 bridgehead atoms. The van der Waals surface area contributed by atoms with Crippen LogP contribution in [0.1, 0.15) is 18.6 Å². The molecule has 6 heteroatoms. The van der Waals surface area contributed by atoms with Crippen molar-refractivity contribution in [2.24, 2.45) is 0 Å². The summed E-state index contributed by atoms with van der Waals surface area (Å²) in [5.41, 5.74) is 0.521. The minimum absolute atomic E-state index is 0.00837. The van der Waals surface area contributed by atoms with Gasteiger partial charge in [-0.2, -0.15) is 0 Å². The molecular formula is C11H13BrClNO3. The third-order valence-electron chi connectivity index (χ3n) is 2.21. The van der Waals surface area contributed by atoms with Gasteiger partial charge in [-0.1, -0.05) is 33.6 Å². The molecule has 0 aliphatic rings. The molecule has 0 fully saturated rings. The molecule has 1 amide bonds. The first-order chi connectivity index (χ1) is 7.91. The Kier molecular flexibility index (Phi) is 5.39. The van der Waals surface area contributed by atoms with E-state index in [0.717, 1.165) is 0 Å². The summed E-state index contributed by atoms with van der Waals surface area (Å²) in [6.07, 6.45) is -2.16. The molecule has 0 aliphatic heterocycles. The molecule has 0 saturated heterocycles. The monoisotopic (exact) mass is 321 g/mol. The third kappa shape index (κ3) is 4.27. The van der Waals surface area contributed by atoms with Crippen LogP contribution in [0.4, 0.5) is 0 Å². The SMILES string of the molecule is CC(=O)NCC(O)C(O)c1ccc(Cl)cc1Br. The van der Waals surface area contributed by atoms with Crippen LogP contribution < -0.4 is 5.32 Å². The van der Waals surface area contributed by atoms with Gasteiger partial charge >= 0.3 is 0 Å². The van der Waals surface area contributed by atoms with Crippen molar-refractivity contribution in [3.05, 3.63) is 33.3 Å². The lowest BCUT2D eigenvalue weighted by molar-refractivity contribution is -0.119. The topological polar surface area (TPSA) is 69.6 Å². The first kappa shape index (κ1) is 14.4. The first-order valence-corrected chi connectivity index (χ1v) is 6.14. The Morgan fingerprint density at radius 2 is 2.18 bits per heavy atom. The van der Waals surface area contributed by atoms with E-state index in [4.69, 9.17) is 11.6 Å². The molecule has 2 atom stereocenters. The predicted octanol–water partition coefficient (Wildman–Crippen LogP) is 1.63. The van der Waals surface area contributed by atoms with Crippen molar-refractivity contribution in [1.82, 2.24) is 5.32 Å². The van der Waals surface area contributed by atoms with Crippen molar-refractivity contribution in [3.8, 4) is 0 Å². The second-order valence-electron chi connectivity index (χ2n) is 3.62. The highest BCUT2D eigenvalue weighted by Crippen LogP contribution is 2.28. The van der Waals surface area contributed by atoms with Gasteiger partial charge in [-0.25, -0.2) is 0 Å². The number of nitrogens with one attached hydrogen (secondary N) is 1. The smallest absolute Gasteiger partial charge is 0.216 e. The molecule has 0 heterocycles. The number of halogens is 2. The fraction of sp³-hybridized carbons (Fsp3) is 0.364. The van der Waals surface area contributed by atoms with Crippen molar-refractivity contribution in [1.29, 1.82) is 0 Å². The molecule has 1 aromatic carbocycles. The average Bonchev–Trinajstić information content (AvgIpc) is 2.25. The molecule has 17 heavy (non-hydrogen) atoms. The van der Waals surface area contributed by atoms with Gasteiger partial charge in [0.15, 0.2) is 0 Å². The molecule has 1 aromatic rings. The second-order valence-corrected chi connectivity index (χ2v) is 4.91. The lowest BCUT2D eigenvalue weighted by Gasteiger charge is -2.19. The number of benzene rings is 1. The van der Waals surface area contributed by atoms with Gasteiger partial charge in [-0.3, -0.25) is 4.79 Å². The van der Waals surface area contributed by atoms with Gasteiger partial charge in [-0.05, 0) is 17.7 Å². The van der Waals surface area contributed by atoms with Crippen LogP contribution in [0.25, 0.3) is 0 Å².